The Labute approximate surface area is 127 Å². The fraction of sp³-hybridized carbons (Fsp3) is 0.375. The van der Waals surface area contributed by atoms with E-state index in [4.69, 9.17) is 0 Å². The first kappa shape index (κ1) is 15.9. The molecule has 1 heterocycles. The molecule has 1 saturated heterocycles. The Morgan fingerprint density at radius 3 is 2.76 bits per heavy atom. The highest BCUT2D eigenvalue weighted by Gasteiger charge is 2.33. The van der Waals surface area contributed by atoms with E-state index in [9.17, 15) is 8.42 Å². The Bertz CT molecular complexity index is 582. The zero-order valence-electron chi connectivity index (χ0n) is 12.1. The van der Waals surface area contributed by atoms with E-state index in [1.807, 2.05) is 48.6 Å². The molecule has 1 atom stereocenters. The molecule has 0 spiro atoms. The van der Waals surface area contributed by atoms with Gasteiger partial charge in [0, 0.05) is 13.1 Å². The van der Waals surface area contributed by atoms with Crippen molar-refractivity contribution in [3.63, 3.8) is 0 Å². The lowest BCUT2D eigenvalue weighted by molar-refractivity contribution is 0.435. The lowest BCUT2D eigenvalue weighted by Crippen LogP contribution is -2.29. The zero-order valence-corrected chi connectivity index (χ0v) is 12.9. The maximum absolute atomic E-state index is 12.1. The fourth-order valence-electron chi connectivity index (χ4n) is 2.30. The molecular formula is C16H22N2O2S. The zero-order chi connectivity index (χ0) is 15.1. The monoisotopic (exact) mass is 306 g/mol. The standard InChI is InChI=1S/C16H22N2O2S/c1-2-3-4-5-9-12-16-14-18(21(19,20)17-16)13-15-10-7-6-8-11-15/h2,6-12,16-17H,1,3-5,13-14H2/b12-9+/t16-/m1/s1. The first-order valence-electron chi connectivity index (χ1n) is 7.21. The minimum absolute atomic E-state index is 0.137. The van der Waals surface area contributed by atoms with Crippen LogP contribution in [0.15, 0.2) is 55.1 Å². The largest absolute Gasteiger partial charge is 0.280 e. The molecule has 0 saturated carbocycles. The van der Waals surface area contributed by atoms with E-state index >= 15 is 0 Å². The molecular weight excluding hydrogens is 284 g/mol. The van der Waals surface area contributed by atoms with Gasteiger partial charge in [-0.1, -0.05) is 48.6 Å². The third kappa shape index (κ3) is 4.81. The van der Waals surface area contributed by atoms with Gasteiger partial charge in [-0.15, -0.1) is 6.58 Å². The fourth-order valence-corrected chi connectivity index (χ4v) is 3.66. The second kappa shape index (κ2) is 7.54. The van der Waals surface area contributed by atoms with Crippen LogP contribution in [-0.2, 0) is 16.8 Å². The third-order valence-electron chi connectivity index (χ3n) is 3.39. The van der Waals surface area contributed by atoms with E-state index in [0.29, 0.717) is 13.1 Å². The van der Waals surface area contributed by atoms with Crippen molar-refractivity contribution in [3.8, 4) is 0 Å². The van der Waals surface area contributed by atoms with Gasteiger partial charge in [0.25, 0.3) is 10.2 Å². The summed E-state index contributed by atoms with van der Waals surface area (Å²) in [5.41, 5.74) is 0.999. The molecule has 0 bridgehead atoms. The predicted octanol–water partition coefficient (Wildman–Crippen LogP) is 2.62. The molecule has 1 fully saturated rings. The number of allylic oxidation sites excluding steroid dienone is 2. The van der Waals surface area contributed by atoms with Crippen LogP contribution in [0.2, 0.25) is 0 Å². The van der Waals surface area contributed by atoms with Crippen molar-refractivity contribution in [1.29, 1.82) is 0 Å². The van der Waals surface area contributed by atoms with Gasteiger partial charge in [0.05, 0.1) is 6.04 Å². The number of benzene rings is 1. The molecule has 1 aliphatic heterocycles. The number of nitrogens with one attached hydrogen (secondary N) is 1. The minimum Gasteiger partial charge on any atom is -0.195 e. The molecule has 0 amide bonds. The topological polar surface area (TPSA) is 49.4 Å². The summed E-state index contributed by atoms with van der Waals surface area (Å²) < 4.78 is 28.3. The summed E-state index contributed by atoms with van der Waals surface area (Å²) in [7, 11) is -3.37. The van der Waals surface area contributed by atoms with Gasteiger partial charge in [-0.3, -0.25) is 0 Å². The van der Waals surface area contributed by atoms with Gasteiger partial charge >= 0.3 is 0 Å². The number of unbranched alkanes of at least 4 members (excludes halogenated alkanes) is 2. The first-order valence-corrected chi connectivity index (χ1v) is 8.65. The van der Waals surface area contributed by atoms with Crippen molar-refractivity contribution in [2.75, 3.05) is 6.54 Å². The van der Waals surface area contributed by atoms with Gasteiger partial charge in [-0.2, -0.15) is 17.4 Å². The lowest BCUT2D eigenvalue weighted by atomic mass is 10.2. The summed E-state index contributed by atoms with van der Waals surface area (Å²) in [5.74, 6) is 0. The molecule has 0 aliphatic carbocycles. The molecule has 21 heavy (non-hydrogen) atoms. The third-order valence-corrected chi connectivity index (χ3v) is 4.95. The lowest BCUT2D eigenvalue weighted by Gasteiger charge is -2.12. The predicted molar refractivity (Wildman–Crippen MR) is 85.9 cm³/mol. The molecule has 5 heteroatoms. The van der Waals surface area contributed by atoms with Crippen molar-refractivity contribution in [3.05, 3.63) is 60.7 Å². The van der Waals surface area contributed by atoms with Crippen LogP contribution in [0.1, 0.15) is 24.8 Å². The van der Waals surface area contributed by atoms with Crippen molar-refractivity contribution < 1.29 is 8.42 Å². The Balaban J connectivity index is 1.91. The van der Waals surface area contributed by atoms with Crippen LogP contribution in [0.3, 0.4) is 0 Å². The van der Waals surface area contributed by atoms with Crippen molar-refractivity contribution in [1.82, 2.24) is 9.03 Å². The molecule has 1 aliphatic rings. The average Bonchev–Trinajstić information content (AvgIpc) is 2.74. The van der Waals surface area contributed by atoms with Gasteiger partial charge in [-0.25, -0.2) is 0 Å². The smallest absolute Gasteiger partial charge is 0.195 e. The van der Waals surface area contributed by atoms with Crippen molar-refractivity contribution in [2.45, 2.75) is 31.8 Å². The maximum atomic E-state index is 12.1. The normalized spacial score (nSPS) is 21.8. The van der Waals surface area contributed by atoms with E-state index < -0.39 is 10.2 Å². The van der Waals surface area contributed by atoms with E-state index in [1.54, 1.807) is 0 Å². The van der Waals surface area contributed by atoms with Crippen LogP contribution < -0.4 is 4.72 Å². The highest BCUT2D eigenvalue weighted by atomic mass is 32.2. The van der Waals surface area contributed by atoms with Crippen LogP contribution in [0.25, 0.3) is 0 Å². The minimum atomic E-state index is -3.37. The highest BCUT2D eigenvalue weighted by Crippen LogP contribution is 2.16. The Morgan fingerprint density at radius 2 is 2.05 bits per heavy atom. The summed E-state index contributed by atoms with van der Waals surface area (Å²) in [5, 5.41) is 0. The molecule has 1 aromatic rings. The quantitative estimate of drug-likeness (QED) is 0.622. The van der Waals surface area contributed by atoms with E-state index in [-0.39, 0.29) is 6.04 Å². The van der Waals surface area contributed by atoms with Crippen LogP contribution in [0.5, 0.6) is 0 Å². The number of rotatable bonds is 7. The second-order valence-corrected chi connectivity index (χ2v) is 6.86. The summed E-state index contributed by atoms with van der Waals surface area (Å²) >= 11 is 0. The Morgan fingerprint density at radius 1 is 1.29 bits per heavy atom. The molecule has 0 unspecified atom stereocenters. The molecule has 0 radical (unpaired) electrons. The van der Waals surface area contributed by atoms with Crippen LogP contribution >= 0.6 is 0 Å². The Hall–Kier alpha value is -1.43. The van der Waals surface area contributed by atoms with Crippen LogP contribution in [-0.4, -0.2) is 25.3 Å². The SMILES string of the molecule is C=CCCC/C=C/[C@@H]1CN(Cc2ccccc2)S(=O)(=O)N1. The van der Waals surface area contributed by atoms with Gasteiger partial charge in [0.1, 0.15) is 0 Å². The maximum Gasteiger partial charge on any atom is 0.280 e. The van der Waals surface area contributed by atoms with Crippen LogP contribution in [0, 0.1) is 0 Å². The molecule has 1 N–H and O–H groups in total. The molecule has 4 nitrogen and oxygen atoms in total. The van der Waals surface area contributed by atoms with E-state index in [1.165, 1.54) is 4.31 Å². The number of hydrogen-bond donors (Lipinski definition) is 1. The average molecular weight is 306 g/mol. The summed E-state index contributed by atoms with van der Waals surface area (Å²) in [6.07, 6.45) is 8.87. The number of hydrogen-bond acceptors (Lipinski definition) is 2. The summed E-state index contributed by atoms with van der Waals surface area (Å²) in [4.78, 5) is 0. The molecule has 0 aromatic heterocycles. The highest BCUT2D eigenvalue weighted by molar-refractivity contribution is 7.87. The summed E-state index contributed by atoms with van der Waals surface area (Å²) in [6.45, 7) is 4.58. The van der Waals surface area contributed by atoms with Gasteiger partial charge in [0.2, 0.25) is 0 Å². The molecule has 1 aromatic carbocycles. The first-order chi connectivity index (χ1) is 10.1. The van der Waals surface area contributed by atoms with Crippen molar-refractivity contribution >= 4 is 10.2 Å². The molecule has 2 rings (SSSR count). The van der Waals surface area contributed by atoms with Crippen molar-refractivity contribution in [2.24, 2.45) is 0 Å². The van der Waals surface area contributed by atoms with Gasteiger partial charge in [-0.05, 0) is 24.8 Å². The van der Waals surface area contributed by atoms with Gasteiger partial charge in [0.15, 0.2) is 0 Å². The van der Waals surface area contributed by atoms with Crippen LogP contribution in [0.4, 0.5) is 0 Å². The number of nitrogens with zero attached hydrogens (tertiary/aromatic N) is 1. The summed E-state index contributed by atoms with van der Waals surface area (Å²) in [6, 6.07) is 9.50. The molecule has 114 valence electrons. The van der Waals surface area contributed by atoms with E-state index in [0.717, 1.165) is 24.8 Å². The second-order valence-electron chi connectivity index (χ2n) is 5.16. The van der Waals surface area contributed by atoms with E-state index in [2.05, 4.69) is 11.3 Å². The van der Waals surface area contributed by atoms with Gasteiger partial charge < -0.3 is 0 Å². The Kier molecular flexibility index (Phi) is 5.73.